The number of hydrogen-bond acceptors (Lipinski definition) is 4. The molecule has 0 atom stereocenters. The van der Waals surface area contributed by atoms with Crippen LogP contribution in [-0.4, -0.2) is 40.8 Å². The van der Waals surface area contributed by atoms with Crippen LogP contribution in [0.25, 0.3) is 10.9 Å². The highest BCUT2D eigenvalue weighted by Gasteiger charge is 2.09. The van der Waals surface area contributed by atoms with Crippen LogP contribution in [0.2, 0.25) is 0 Å². The van der Waals surface area contributed by atoms with E-state index in [9.17, 15) is 4.79 Å². The summed E-state index contributed by atoms with van der Waals surface area (Å²) in [5.74, 6) is 0.928. The minimum absolute atomic E-state index is 0.0560. The molecule has 0 spiro atoms. The maximum Gasteiger partial charge on any atom is 0.262 e. The molecule has 0 unspecified atom stereocenters. The predicted octanol–water partition coefficient (Wildman–Crippen LogP) is 2.07. The third kappa shape index (κ3) is 3.16. The highest BCUT2D eigenvalue weighted by molar-refractivity contribution is 7.99. The predicted molar refractivity (Wildman–Crippen MR) is 81.0 cm³/mol. The summed E-state index contributed by atoms with van der Waals surface area (Å²) >= 11 is 1.64. The van der Waals surface area contributed by atoms with E-state index in [1.807, 2.05) is 45.3 Å². The van der Waals surface area contributed by atoms with Crippen LogP contribution in [0.3, 0.4) is 0 Å². The van der Waals surface area contributed by atoms with Crippen LogP contribution in [-0.2, 0) is 6.54 Å². The minimum atomic E-state index is 0.0560. The van der Waals surface area contributed by atoms with E-state index in [-0.39, 0.29) is 5.56 Å². The van der Waals surface area contributed by atoms with Gasteiger partial charge >= 0.3 is 0 Å². The summed E-state index contributed by atoms with van der Waals surface area (Å²) in [6, 6.07) is 7.53. The van der Waals surface area contributed by atoms with Gasteiger partial charge in [-0.2, -0.15) is 0 Å². The lowest BCUT2D eigenvalue weighted by atomic mass is 10.2. The van der Waals surface area contributed by atoms with Gasteiger partial charge in [0.05, 0.1) is 10.9 Å². The molecule has 19 heavy (non-hydrogen) atoms. The quantitative estimate of drug-likeness (QED) is 0.619. The maximum absolute atomic E-state index is 12.4. The fraction of sp³-hybridized carbons (Fsp3) is 0.429. The number of hydrogen-bond donors (Lipinski definition) is 0. The van der Waals surface area contributed by atoms with Crippen molar-refractivity contribution in [3.63, 3.8) is 0 Å². The molecular formula is C14H19N3OS. The van der Waals surface area contributed by atoms with Gasteiger partial charge in [0.1, 0.15) is 0 Å². The molecule has 1 heterocycles. The van der Waals surface area contributed by atoms with Crippen LogP contribution in [0.5, 0.6) is 0 Å². The first kappa shape index (κ1) is 14.1. The van der Waals surface area contributed by atoms with E-state index >= 15 is 0 Å². The van der Waals surface area contributed by atoms with E-state index in [1.165, 1.54) is 0 Å². The first-order valence-corrected chi connectivity index (χ1v) is 7.39. The smallest absolute Gasteiger partial charge is 0.262 e. The summed E-state index contributed by atoms with van der Waals surface area (Å²) in [5.41, 5.74) is 0.838. The van der Waals surface area contributed by atoms with Gasteiger partial charge < -0.3 is 4.90 Å². The van der Waals surface area contributed by atoms with Crippen molar-refractivity contribution in [2.45, 2.75) is 18.6 Å². The Morgan fingerprint density at radius 2 is 2.05 bits per heavy atom. The largest absolute Gasteiger partial charge is 0.309 e. The number of nitrogens with zero attached hydrogens (tertiary/aromatic N) is 3. The molecule has 2 rings (SSSR count). The van der Waals surface area contributed by atoms with Gasteiger partial charge in [0.15, 0.2) is 5.16 Å². The average Bonchev–Trinajstić information content (AvgIpc) is 2.39. The Kier molecular flexibility index (Phi) is 4.61. The number of fused-ring (bicyclic) bond motifs is 1. The Morgan fingerprint density at radius 1 is 1.32 bits per heavy atom. The van der Waals surface area contributed by atoms with Crippen molar-refractivity contribution in [2.75, 3.05) is 26.4 Å². The van der Waals surface area contributed by atoms with Crippen LogP contribution < -0.4 is 5.56 Å². The maximum atomic E-state index is 12.4. The molecule has 0 saturated heterocycles. The van der Waals surface area contributed by atoms with E-state index in [0.29, 0.717) is 11.9 Å². The number of thioether (sulfide) groups is 1. The van der Waals surface area contributed by atoms with E-state index in [1.54, 1.807) is 16.3 Å². The Bertz CT molecular complexity index is 622. The van der Waals surface area contributed by atoms with Gasteiger partial charge in [-0.25, -0.2) is 4.98 Å². The molecule has 2 aromatic rings. The third-order valence-electron chi connectivity index (χ3n) is 2.91. The van der Waals surface area contributed by atoms with Crippen molar-refractivity contribution < 1.29 is 0 Å². The SMILES string of the molecule is CCn1c(SCCN(C)C)nc2ccccc2c1=O. The standard InChI is InChI=1S/C14H19N3OS/c1-4-17-13(18)11-7-5-6-8-12(11)15-14(17)19-10-9-16(2)3/h5-8H,4,9-10H2,1-3H3. The summed E-state index contributed by atoms with van der Waals surface area (Å²) in [7, 11) is 4.09. The van der Waals surface area contributed by atoms with E-state index in [4.69, 9.17) is 0 Å². The molecule has 0 aliphatic rings. The van der Waals surface area contributed by atoms with Crippen LogP contribution in [0.4, 0.5) is 0 Å². The third-order valence-corrected chi connectivity index (χ3v) is 3.87. The lowest BCUT2D eigenvalue weighted by molar-refractivity contribution is 0.437. The van der Waals surface area contributed by atoms with Crippen LogP contribution in [0.15, 0.2) is 34.2 Å². The van der Waals surface area contributed by atoms with Crippen LogP contribution in [0, 0.1) is 0 Å². The van der Waals surface area contributed by atoms with E-state index in [2.05, 4.69) is 9.88 Å². The topological polar surface area (TPSA) is 38.1 Å². The Labute approximate surface area is 117 Å². The minimum Gasteiger partial charge on any atom is -0.309 e. The molecule has 4 nitrogen and oxygen atoms in total. The molecular weight excluding hydrogens is 258 g/mol. The van der Waals surface area contributed by atoms with Gasteiger partial charge in [-0.05, 0) is 33.2 Å². The zero-order valence-corrected chi connectivity index (χ0v) is 12.4. The first-order chi connectivity index (χ1) is 9.13. The van der Waals surface area contributed by atoms with Crippen molar-refractivity contribution in [3.05, 3.63) is 34.6 Å². The molecule has 0 radical (unpaired) electrons. The molecule has 102 valence electrons. The van der Waals surface area contributed by atoms with Crippen molar-refractivity contribution >= 4 is 22.7 Å². The average molecular weight is 277 g/mol. The first-order valence-electron chi connectivity index (χ1n) is 6.40. The second kappa shape index (κ2) is 6.21. The molecule has 1 aromatic carbocycles. The Morgan fingerprint density at radius 3 is 2.74 bits per heavy atom. The monoisotopic (exact) mass is 277 g/mol. The number of rotatable bonds is 5. The van der Waals surface area contributed by atoms with Crippen LogP contribution in [0.1, 0.15) is 6.92 Å². The lowest BCUT2D eigenvalue weighted by Gasteiger charge is -2.12. The van der Waals surface area contributed by atoms with Crippen molar-refractivity contribution in [3.8, 4) is 0 Å². The molecule has 0 amide bonds. The Hall–Kier alpha value is -1.33. The second-order valence-corrected chi connectivity index (χ2v) is 5.67. The fourth-order valence-corrected chi connectivity index (χ4v) is 3.03. The number of para-hydroxylation sites is 1. The number of benzene rings is 1. The highest BCUT2D eigenvalue weighted by Crippen LogP contribution is 2.17. The molecule has 0 N–H and O–H groups in total. The fourth-order valence-electron chi connectivity index (χ4n) is 1.86. The molecule has 0 saturated carbocycles. The second-order valence-electron chi connectivity index (χ2n) is 4.61. The summed E-state index contributed by atoms with van der Waals surface area (Å²) in [6.07, 6.45) is 0. The highest BCUT2D eigenvalue weighted by atomic mass is 32.2. The molecule has 5 heteroatoms. The van der Waals surface area contributed by atoms with Gasteiger partial charge in [-0.3, -0.25) is 9.36 Å². The van der Waals surface area contributed by atoms with Crippen molar-refractivity contribution in [1.82, 2.24) is 14.5 Å². The summed E-state index contributed by atoms with van der Waals surface area (Å²) in [4.78, 5) is 19.1. The van der Waals surface area contributed by atoms with Gasteiger partial charge in [-0.1, -0.05) is 23.9 Å². The van der Waals surface area contributed by atoms with Crippen molar-refractivity contribution in [1.29, 1.82) is 0 Å². The molecule has 0 fully saturated rings. The lowest BCUT2D eigenvalue weighted by Crippen LogP contribution is -2.23. The normalized spacial score (nSPS) is 11.4. The zero-order chi connectivity index (χ0) is 13.8. The van der Waals surface area contributed by atoms with Gasteiger partial charge in [0, 0.05) is 18.8 Å². The van der Waals surface area contributed by atoms with Crippen molar-refractivity contribution in [2.24, 2.45) is 0 Å². The summed E-state index contributed by atoms with van der Waals surface area (Å²) in [6.45, 7) is 3.60. The van der Waals surface area contributed by atoms with Crippen LogP contribution >= 0.6 is 11.8 Å². The zero-order valence-electron chi connectivity index (χ0n) is 11.6. The Balaban J connectivity index is 2.39. The molecule has 1 aromatic heterocycles. The summed E-state index contributed by atoms with van der Waals surface area (Å²) in [5, 5.41) is 1.51. The molecule has 0 bridgehead atoms. The van der Waals surface area contributed by atoms with Gasteiger partial charge in [-0.15, -0.1) is 0 Å². The van der Waals surface area contributed by atoms with E-state index < -0.39 is 0 Å². The number of aromatic nitrogens is 2. The summed E-state index contributed by atoms with van der Waals surface area (Å²) < 4.78 is 1.75. The van der Waals surface area contributed by atoms with Gasteiger partial charge in [0.25, 0.3) is 5.56 Å². The molecule has 0 aliphatic heterocycles. The molecule has 0 aliphatic carbocycles. The van der Waals surface area contributed by atoms with Gasteiger partial charge in [0.2, 0.25) is 0 Å². The van der Waals surface area contributed by atoms with E-state index in [0.717, 1.165) is 23.0 Å².